The van der Waals surface area contributed by atoms with Gasteiger partial charge in [0, 0.05) is 5.56 Å². The average molecular weight is 373 g/mol. The molecule has 3 rings (SSSR count). The van der Waals surface area contributed by atoms with Crippen molar-refractivity contribution in [1.82, 2.24) is 10.2 Å². The number of nitrogens with one attached hydrogen (secondary N) is 1. The van der Waals surface area contributed by atoms with E-state index in [0.29, 0.717) is 23.6 Å². The molecule has 0 saturated heterocycles. The highest BCUT2D eigenvalue weighted by molar-refractivity contribution is 7.99. The molecular weight excluding hydrogens is 357 g/mol. The molecule has 0 aliphatic heterocycles. The number of anilines is 1. The summed E-state index contributed by atoms with van der Waals surface area (Å²) in [4.78, 5) is 12.1. The van der Waals surface area contributed by atoms with E-state index in [1.807, 2.05) is 19.1 Å². The van der Waals surface area contributed by atoms with Crippen molar-refractivity contribution in [2.75, 3.05) is 17.7 Å². The lowest BCUT2D eigenvalue weighted by Crippen LogP contribution is -2.14. The van der Waals surface area contributed by atoms with Crippen LogP contribution in [0.3, 0.4) is 0 Å². The van der Waals surface area contributed by atoms with Crippen molar-refractivity contribution in [3.8, 4) is 17.2 Å². The number of hydrogen-bond donors (Lipinski definition) is 1. The number of amides is 1. The zero-order chi connectivity index (χ0) is 18.4. The Morgan fingerprint density at radius 2 is 2.08 bits per heavy atom. The first-order valence-corrected chi connectivity index (χ1v) is 8.88. The zero-order valence-corrected chi connectivity index (χ0v) is 14.8. The van der Waals surface area contributed by atoms with E-state index in [0.717, 1.165) is 11.8 Å². The van der Waals surface area contributed by atoms with Crippen LogP contribution in [0, 0.1) is 5.82 Å². The third-order valence-corrected chi connectivity index (χ3v) is 4.08. The Kier molecular flexibility index (Phi) is 5.85. The third kappa shape index (κ3) is 4.60. The van der Waals surface area contributed by atoms with Gasteiger partial charge in [0.05, 0.1) is 18.0 Å². The molecule has 3 aromatic rings. The smallest absolute Gasteiger partial charge is 0.277 e. The van der Waals surface area contributed by atoms with Crippen molar-refractivity contribution in [2.24, 2.45) is 0 Å². The number of carbonyl (C=O) groups excluding carboxylic acids is 1. The SMILES string of the molecule is CCOc1ccccc1NC(=O)CSc1nnc(-c2cccc(F)c2)o1. The van der Waals surface area contributed by atoms with Crippen molar-refractivity contribution in [2.45, 2.75) is 12.1 Å². The number of halogens is 1. The number of rotatable bonds is 7. The second-order valence-electron chi connectivity index (χ2n) is 5.15. The fourth-order valence-electron chi connectivity index (χ4n) is 2.17. The molecule has 8 heteroatoms. The van der Waals surface area contributed by atoms with Crippen molar-refractivity contribution in [3.05, 3.63) is 54.3 Å². The Bertz CT molecular complexity index is 901. The summed E-state index contributed by atoms with van der Waals surface area (Å²) in [6.45, 7) is 2.38. The maximum absolute atomic E-state index is 13.2. The molecule has 1 amide bonds. The quantitative estimate of drug-likeness (QED) is 0.631. The van der Waals surface area contributed by atoms with Crippen LogP contribution < -0.4 is 10.1 Å². The van der Waals surface area contributed by atoms with E-state index >= 15 is 0 Å². The second-order valence-corrected chi connectivity index (χ2v) is 6.08. The van der Waals surface area contributed by atoms with Gasteiger partial charge in [-0.2, -0.15) is 0 Å². The van der Waals surface area contributed by atoms with Crippen molar-refractivity contribution in [3.63, 3.8) is 0 Å². The molecule has 1 heterocycles. The lowest BCUT2D eigenvalue weighted by atomic mass is 10.2. The topological polar surface area (TPSA) is 77.2 Å². The van der Waals surface area contributed by atoms with Gasteiger partial charge in [-0.05, 0) is 37.3 Å². The molecule has 0 saturated carbocycles. The van der Waals surface area contributed by atoms with E-state index in [1.54, 1.807) is 24.3 Å². The van der Waals surface area contributed by atoms with Crippen LogP contribution in [0.5, 0.6) is 5.75 Å². The summed E-state index contributed by atoms with van der Waals surface area (Å²) < 4.78 is 24.2. The molecule has 0 bridgehead atoms. The van der Waals surface area contributed by atoms with Gasteiger partial charge in [-0.15, -0.1) is 10.2 Å². The van der Waals surface area contributed by atoms with Crippen LogP contribution in [0.15, 0.2) is 58.2 Å². The Morgan fingerprint density at radius 1 is 1.23 bits per heavy atom. The van der Waals surface area contributed by atoms with Gasteiger partial charge in [0.2, 0.25) is 11.8 Å². The molecule has 0 radical (unpaired) electrons. The highest BCUT2D eigenvalue weighted by atomic mass is 32.2. The maximum atomic E-state index is 13.2. The third-order valence-electron chi connectivity index (χ3n) is 3.27. The molecule has 6 nitrogen and oxygen atoms in total. The highest BCUT2D eigenvalue weighted by Gasteiger charge is 2.13. The summed E-state index contributed by atoms with van der Waals surface area (Å²) in [6, 6.07) is 13.1. The predicted octanol–water partition coefficient (Wildman–Crippen LogP) is 4.01. The minimum absolute atomic E-state index is 0.0885. The van der Waals surface area contributed by atoms with Crippen LogP contribution in [0.2, 0.25) is 0 Å². The van der Waals surface area contributed by atoms with Crippen LogP contribution in [0.4, 0.5) is 10.1 Å². The lowest BCUT2D eigenvalue weighted by Gasteiger charge is -2.10. The number of carbonyl (C=O) groups is 1. The van der Waals surface area contributed by atoms with E-state index < -0.39 is 0 Å². The molecule has 0 unspecified atom stereocenters. The minimum atomic E-state index is -0.387. The Morgan fingerprint density at radius 3 is 2.88 bits per heavy atom. The van der Waals surface area contributed by atoms with Crippen molar-refractivity contribution >= 4 is 23.4 Å². The molecular formula is C18H16FN3O3S. The highest BCUT2D eigenvalue weighted by Crippen LogP contribution is 2.26. The fraction of sp³-hybridized carbons (Fsp3) is 0.167. The number of ether oxygens (including phenoxy) is 1. The summed E-state index contributed by atoms with van der Waals surface area (Å²) in [7, 11) is 0. The number of para-hydroxylation sites is 2. The van der Waals surface area contributed by atoms with Crippen LogP contribution in [0.25, 0.3) is 11.5 Å². The van der Waals surface area contributed by atoms with E-state index in [9.17, 15) is 9.18 Å². The van der Waals surface area contributed by atoms with Gasteiger partial charge in [0.1, 0.15) is 11.6 Å². The van der Waals surface area contributed by atoms with E-state index in [4.69, 9.17) is 9.15 Å². The Balaban J connectivity index is 1.59. The second kappa shape index (κ2) is 8.48. The van der Waals surface area contributed by atoms with Crippen LogP contribution in [-0.2, 0) is 4.79 Å². The summed E-state index contributed by atoms with van der Waals surface area (Å²) in [5, 5.41) is 10.8. The van der Waals surface area contributed by atoms with E-state index in [2.05, 4.69) is 15.5 Å². The summed E-state index contributed by atoms with van der Waals surface area (Å²) in [5.74, 6) is 0.286. The molecule has 2 aromatic carbocycles. The van der Waals surface area contributed by atoms with Crippen LogP contribution in [-0.4, -0.2) is 28.5 Å². The predicted molar refractivity (Wildman–Crippen MR) is 96.7 cm³/mol. The van der Waals surface area contributed by atoms with Crippen molar-refractivity contribution < 1.29 is 18.3 Å². The Labute approximate surface area is 153 Å². The molecule has 0 atom stereocenters. The molecule has 0 fully saturated rings. The first-order chi connectivity index (χ1) is 12.7. The van der Waals surface area contributed by atoms with Gasteiger partial charge in [0.25, 0.3) is 5.22 Å². The first-order valence-electron chi connectivity index (χ1n) is 7.89. The number of thioether (sulfide) groups is 1. The molecule has 134 valence electrons. The van der Waals surface area contributed by atoms with Crippen LogP contribution in [0.1, 0.15) is 6.92 Å². The van der Waals surface area contributed by atoms with Gasteiger partial charge in [-0.25, -0.2) is 4.39 Å². The van der Waals surface area contributed by atoms with Gasteiger partial charge in [0.15, 0.2) is 0 Å². The van der Waals surface area contributed by atoms with Gasteiger partial charge < -0.3 is 14.5 Å². The Hall–Kier alpha value is -2.87. The van der Waals surface area contributed by atoms with Gasteiger partial charge in [-0.3, -0.25) is 4.79 Å². The molecule has 1 N–H and O–H groups in total. The fourth-order valence-corrected chi connectivity index (χ4v) is 2.73. The molecule has 0 aliphatic carbocycles. The van der Waals surface area contributed by atoms with Gasteiger partial charge in [-0.1, -0.05) is 30.0 Å². The summed E-state index contributed by atoms with van der Waals surface area (Å²) in [5.41, 5.74) is 1.09. The normalized spacial score (nSPS) is 10.5. The lowest BCUT2D eigenvalue weighted by molar-refractivity contribution is -0.113. The molecule has 26 heavy (non-hydrogen) atoms. The number of nitrogens with zero attached hydrogens (tertiary/aromatic N) is 2. The first kappa shape index (κ1) is 17.9. The van der Waals surface area contributed by atoms with Crippen LogP contribution >= 0.6 is 11.8 Å². The van der Waals surface area contributed by atoms with Gasteiger partial charge >= 0.3 is 0 Å². The zero-order valence-electron chi connectivity index (χ0n) is 13.9. The molecule has 0 spiro atoms. The standard InChI is InChI=1S/C18H16FN3O3S/c1-2-24-15-9-4-3-8-14(15)20-16(23)11-26-18-22-21-17(25-18)12-6-5-7-13(19)10-12/h3-10H,2,11H2,1H3,(H,20,23). The summed E-state index contributed by atoms with van der Waals surface area (Å²) >= 11 is 1.10. The number of benzene rings is 2. The summed E-state index contributed by atoms with van der Waals surface area (Å²) in [6.07, 6.45) is 0. The number of aromatic nitrogens is 2. The average Bonchev–Trinajstić information content (AvgIpc) is 3.11. The molecule has 0 aliphatic rings. The maximum Gasteiger partial charge on any atom is 0.277 e. The van der Waals surface area contributed by atoms with Crippen molar-refractivity contribution in [1.29, 1.82) is 0 Å². The molecule has 1 aromatic heterocycles. The van der Waals surface area contributed by atoms with E-state index in [1.165, 1.54) is 12.1 Å². The van der Waals surface area contributed by atoms with E-state index in [-0.39, 0.29) is 28.6 Å². The largest absolute Gasteiger partial charge is 0.492 e. The number of hydrogen-bond acceptors (Lipinski definition) is 6. The monoisotopic (exact) mass is 373 g/mol. The minimum Gasteiger partial charge on any atom is -0.492 e.